The number of nitrogens with zero attached hydrogens (tertiary/aromatic N) is 1. The summed E-state index contributed by atoms with van der Waals surface area (Å²) in [4.78, 5) is 36.2. The minimum absolute atomic E-state index is 0.0657. The zero-order chi connectivity index (χ0) is 18.6. The van der Waals surface area contributed by atoms with Crippen molar-refractivity contribution in [1.29, 1.82) is 0 Å². The number of ether oxygens (including phenoxy) is 3. The van der Waals surface area contributed by atoms with Gasteiger partial charge in [0.2, 0.25) is 0 Å². The molecule has 0 atom stereocenters. The molecule has 0 spiro atoms. The van der Waals surface area contributed by atoms with Gasteiger partial charge in [-0.3, -0.25) is 9.59 Å². The van der Waals surface area contributed by atoms with E-state index in [9.17, 15) is 14.4 Å². The van der Waals surface area contributed by atoms with Crippen LogP contribution in [0.4, 0.5) is 4.79 Å². The maximum Gasteiger partial charge on any atom is 0.329 e. The number of nitrogens with one attached hydrogen (secondary N) is 1. The lowest BCUT2D eigenvalue weighted by atomic mass is 10.1. The number of carbonyl (C=O) groups excluding carboxylic acids is 3. The van der Waals surface area contributed by atoms with E-state index in [2.05, 4.69) is 32.6 Å². The van der Waals surface area contributed by atoms with E-state index in [0.29, 0.717) is 23.7 Å². The van der Waals surface area contributed by atoms with E-state index in [0.717, 1.165) is 8.47 Å². The van der Waals surface area contributed by atoms with E-state index < -0.39 is 24.5 Å². The normalized spacial score (nSPS) is 15.4. The number of benzene rings is 1. The van der Waals surface area contributed by atoms with E-state index in [1.165, 1.54) is 20.3 Å². The van der Waals surface area contributed by atoms with Gasteiger partial charge in [0, 0.05) is 0 Å². The van der Waals surface area contributed by atoms with Crippen LogP contribution >= 0.6 is 22.6 Å². The van der Waals surface area contributed by atoms with Gasteiger partial charge in [0.25, 0.3) is 5.91 Å². The Balaban J connectivity index is 2.31. The molecule has 2 rings (SSSR count). The van der Waals surface area contributed by atoms with Crippen molar-refractivity contribution in [1.82, 2.24) is 10.2 Å². The summed E-state index contributed by atoms with van der Waals surface area (Å²) < 4.78 is 16.1. The predicted molar refractivity (Wildman–Crippen MR) is 97.1 cm³/mol. The Kier molecular flexibility index (Phi) is 6.23. The lowest BCUT2D eigenvalue weighted by molar-refractivity contribution is -0.143. The van der Waals surface area contributed by atoms with Crippen LogP contribution in [0.5, 0.6) is 11.5 Å². The van der Waals surface area contributed by atoms with E-state index >= 15 is 0 Å². The molecule has 1 aliphatic heterocycles. The second-order valence-electron chi connectivity index (χ2n) is 4.92. The molecule has 25 heavy (non-hydrogen) atoms. The zero-order valence-electron chi connectivity index (χ0n) is 13.9. The van der Waals surface area contributed by atoms with E-state index in [4.69, 9.17) is 9.47 Å². The smallest absolute Gasteiger partial charge is 0.329 e. The van der Waals surface area contributed by atoms with Gasteiger partial charge in [0.15, 0.2) is 11.5 Å². The van der Waals surface area contributed by atoms with Crippen LogP contribution in [0.15, 0.2) is 17.8 Å². The molecule has 1 aromatic rings. The van der Waals surface area contributed by atoms with Crippen molar-refractivity contribution in [3.8, 4) is 11.5 Å². The highest BCUT2D eigenvalue weighted by Crippen LogP contribution is 2.34. The second kappa shape index (κ2) is 8.19. The Hall–Kier alpha value is -2.30. The van der Waals surface area contributed by atoms with Crippen molar-refractivity contribution in [2.75, 3.05) is 27.4 Å². The predicted octanol–water partition coefficient (Wildman–Crippen LogP) is 1.76. The van der Waals surface area contributed by atoms with Crippen molar-refractivity contribution in [3.05, 3.63) is 27.0 Å². The fourth-order valence-corrected chi connectivity index (χ4v) is 2.96. The molecule has 3 amide bonds. The Morgan fingerprint density at radius 3 is 2.64 bits per heavy atom. The lowest BCUT2D eigenvalue weighted by Gasteiger charge is -2.12. The Morgan fingerprint density at radius 2 is 2.04 bits per heavy atom. The van der Waals surface area contributed by atoms with Gasteiger partial charge in [-0.05, 0) is 53.3 Å². The molecule has 1 N–H and O–H groups in total. The van der Waals surface area contributed by atoms with Crippen LogP contribution in [0.3, 0.4) is 0 Å². The third-order valence-electron chi connectivity index (χ3n) is 3.33. The highest BCUT2D eigenvalue weighted by Gasteiger charge is 2.35. The largest absolute Gasteiger partial charge is 0.493 e. The number of carbonyl (C=O) groups is 3. The third kappa shape index (κ3) is 4.21. The number of urea groups is 1. The summed E-state index contributed by atoms with van der Waals surface area (Å²) in [6.07, 6.45) is 1.51. The number of hydrogen-bond acceptors (Lipinski definition) is 6. The summed E-state index contributed by atoms with van der Waals surface area (Å²) in [6.45, 7) is 1.92. The first-order valence-corrected chi connectivity index (χ1v) is 8.40. The molecule has 9 heteroatoms. The first-order chi connectivity index (χ1) is 11.9. The summed E-state index contributed by atoms with van der Waals surface area (Å²) in [5, 5.41) is 2.44. The molecule has 8 nitrogen and oxygen atoms in total. The van der Waals surface area contributed by atoms with Crippen LogP contribution in [-0.4, -0.2) is 50.2 Å². The van der Waals surface area contributed by atoms with Gasteiger partial charge < -0.3 is 19.5 Å². The van der Waals surface area contributed by atoms with Crippen molar-refractivity contribution in [3.63, 3.8) is 0 Å². The molecule has 1 aliphatic rings. The van der Waals surface area contributed by atoms with E-state index in [-0.39, 0.29) is 5.70 Å². The number of methoxy groups -OCH3 is 2. The number of hydrogen-bond donors (Lipinski definition) is 1. The van der Waals surface area contributed by atoms with Gasteiger partial charge in [0.1, 0.15) is 12.2 Å². The fourth-order valence-electron chi connectivity index (χ4n) is 2.18. The van der Waals surface area contributed by atoms with Gasteiger partial charge in [-0.2, -0.15) is 0 Å². The van der Waals surface area contributed by atoms with Crippen LogP contribution < -0.4 is 14.8 Å². The van der Waals surface area contributed by atoms with Gasteiger partial charge >= 0.3 is 12.0 Å². The summed E-state index contributed by atoms with van der Waals surface area (Å²) in [5.41, 5.74) is 0.712. The molecule has 1 heterocycles. The topological polar surface area (TPSA) is 94.2 Å². The summed E-state index contributed by atoms with van der Waals surface area (Å²) in [7, 11) is 2.71. The highest BCUT2D eigenvalue weighted by molar-refractivity contribution is 14.1. The number of rotatable bonds is 6. The zero-order valence-corrected chi connectivity index (χ0v) is 16.1. The second-order valence-corrected chi connectivity index (χ2v) is 6.08. The van der Waals surface area contributed by atoms with E-state index in [1.807, 2.05) is 6.92 Å². The molecule has 1 aromatic carbocycles. The fraction of sp³-hybridized carbons (Fsp3) is 0.312. The first kappa shape index (κ1) is 19.0. The quantitative estimate of drug-likeness (QED) is 0.301. The molecule has 134 valence electrons. The molecule has 0 bridgehead atoms. The summed E-state index contributed by atoms with van der Waals surface area (Å²) in [6, 6.07) is 2.82. The van der Waals surface area contributed by atoms with Crippen molar-refractivity contribution < 1.29 is 28.6 Å². The van der Waals surface area contributed by atoms with Crippen LogP contribution in [-0.2, 0) is 14.3 Å². The van der Waals surface area contributed by atoms with Crippen LogP contribution in [0, 0.1) is 3.57 Å². The van der Waals surface area contributed by atoms with Gasteiger partial charge in [-0.25, -0.2) is 9.69 Å². The molecule has 0 radical (unpaired) electrons. The SMILES string of the molecule is CCOc1c(I)cc(/C=C2\NC(=O)N(CC(=O)OC)C2=O)cc1OC. The molecule has 0 saturated carbocycles. The molecular weight excluding hydrogens is 443 g/mol. The lowest BCUT2D eigenvalue weighted by Crippen LogP contribution is -2.36. The number of esters is 1. The van der Waals surface area contributed by atoms with Crippen LogP contribution in [0.2, 0.25) is 0 Å². The Labute approximate surface area is 158 Å². The monoisotopic (exact) mass is 460 g/mol. The molecular formula is C16H17IN2O6. The van der Waals surface area contributed by atoms with Crippen molar-refractivity contribution in [2.24, 2.45) is 0 Å². The first-order valence-electron chi connectivity index (χ1n) is 7.33. The van der Waals surface area contributed by atoms with Crippen molar-refractivity contribution in [2.45, 2.75) is 6.92 Å². The molecule has 0 unspecified atom stereocenters. The Morgan fingerprint density at radius 1 is 1.32 bits per heavy atom. The number of halogens is 1. The van der Waals surface area contributed by atoms with Crippen LogP contribution in [0.25, 0.3) is 6.08 Å². The molecule has 1 fully saturated rings. The minimum atomic E-state index is -0.679. The number of amides is 3. The Bertz CT molecular complexity index is 746. The maximum atomic E-state index is 12.3. The summed E-state index contributed by atoms with van der Waals surface area (Å²) in [5.74, 6) is -0.147. The molecule has 1 saturated heterocycles. The average molecular weight is 460 g/mol. The standard InChI is InChI=1S/C16H17IN2O6/c1-4-25-14-10(17)5-9(7-12(14)23-2)6-11-15(21)19(16(22)18-11)8-13(20)24-3/h5-7H,4,8H2,1-3H3,(H,18,22)/b11-6-. The average Bonchev–Trinajstić information content (AvgIpc) is 2.84. The van der Waals surface area contributed by atoms with E-state index in [1.54, 1.807) is 12.1 Å². The van der Waals surface area contributed by atoms with Crippen molar-refractivity contribution >= 4 is 46.6 Å². The van der Waals surface area contributed by atoms with Gasteiger partial charge in [-0.1, -0.05) is 0 Å². The van der Waals surface area contributed by atoms with Gasteiger partial charge in [0.05, 0.1) is 24.4 Å². The molecule has 0 aromatic heterocycles. The third-order valence-corrected chi connectivity index (χ3v) is 4.13. The summed E-state index contributed by atoms with van der Waals surface area (Å²) >= 11 is 2.10. The maximum absolute atomic E-state index is 12.3. The van der Waals surface area contributed by atoms with Crippen LogP contribution in [0.1, 0.15) is 12.5 Å². The minimum Gasteiger partial charge on any atom is -0.493 e. The number of imide groups is 1. The highest BCUT2D eigenvalue weighted by atomic mass is 127. The van der Waals surface area contributed by atoms with Gasteiger partial charge in [-0.15, -0.1) is 0 Å². The molecule has 0 aliphatic carbocycles.